The van der Waals surface area contributed by atoms with Crippen molar-refractivity contribution in [2.45, 2.75) is 11.1 Å². The van der Waals surface area contributed by atoms with Crippen molar-refractivity contribution in [3.63, 3.8) is 0 Å². The molecule has 3 nitrogen and oxygen atoms in total. The monoisotopic (exact) mass is 189 g/mol. The Hall–Kier alpha value is -0.680. The zero-order chi connectivity index (χ0) is 8.59. The highest BCUT2D eigenvalue weighted by Crippen LogP contribution is 2.32. The fraction of sp³-hybridized carbons (Fsp3) is 0.167. The van der Waals surface area contributed by atoms with Crippen LogP contribution in [0.1, 0.15) is 15.2 Å². The summed E-state index contributed by atoms with van der Waals surface area (Å²) in [6.45, 7) is 1.68. The second-order valence-corrected chi connectivity index (χ2v) is 3.85. The molecule has 1 heterocycles. The van der Waals surface area contributed by atoms with E-state index in [1.165, 1.54) is 0 Å². The van der Waals surface area contributed by atoms with Crippen LogP contribution in [0, 0.1) is 6.92 Å². The molecule has 60 valence electrons. The van der Waals surface area contributed by atoms with Crippen LogP contribution >= 0.6 is 24.0 Å². The first-order chi connectivity index (χ1) is 5.04. The van der Waals surface area contributed by atoms with E-state index in [1.54, 1.807) is 6.92 Å². The Balaban J connectivity index is 3.29. The van der Waals surface area contributed by atoms with Crippen molar-refractivity contribution in [2.75, 3.05) is 5.73 Å². The summed E-state index contributed by atoms with van der Waals surface area (Å²) < 4.78 is 0.569. The van der Waals surface area contributed by atoms with Crippen molar-refractivity contribution in [1.29, 1.82) is 0 Å². The lowest BCUT2D eigenvalue weighted by Crippen LogP contribution is -1.95. The van der Waals surface area contributed by atoms with E-state index in [0.717, 1.165) is 11.3 Å². The average molecular weight is 189 g/mol. The van der Waals surface area contributed by atoms with Crippen LogP contribution in [0.2, 0.25) is 0 Å². The first kappa shape index (κ1) is 8.42. The van der Waals surface area contributed by atoms with Gasteiger partial charge in [0.25, 0.3) is 0 Å². The van der Waals surface area contributed by atoms with Crippen LogP contribution in [0.25, 0.3) is 0 Å². The van der Waals surface area contributed by atoms with Gasteiger partial charge in [0.2, 0.25) is 0 Å². The van der Waals surface area contributed by atoms with Crippen LogP contribution in [0.5, 0.6) is 0 Å². The SMILES string of the molecule is Cc1c(C(=O)O)sc(S)c1N. The number of carbonyl (C=O) groups is 1. The largest absolute Gasteiger partial charge is 0.477 e. The molecule has 11 heavy (non-hydrogen) atoms. The molecule has 0 saturated carbocycles. The van der Waals surface area contributed by atoms with Crippen LogP contribution in [-0.4, -0.2) is 11.1 Å². The molecule has 0 amide bonds. The fourth-order valence-corrected chi connectivity index (χ4v) is 1.96. The molecule has 0 aliphatic rings. The zero-order valence-electron chi connectivity index (χ0n) is 5.79. The number of thiophene rings is 1. The maximum absolute atomic E-state index is 10.5. The molecule has 1 aromatic heterocycles. The maximum Gasteiger partial charge on any atom is 0.346 e. The molecule has 5 heteroatoms. The van der Waals surface area contributed by atoms with E-state index in [4.69, 9.17) is 10.8 Å². The van der Waals surface area contributed by atoms with Crippen LogP contribution in [0.4, 0.5) is 5.69 Å². The highest BCUT2D eigenvalue weighted by atomic mass is 32.2. The van der Waals surface area contributed by atoms with Gasteiger partial charge in [-0.25, -0.2) is 4.79 Å². The molecule has 0 aliphatic carbocycles. The molecule has 1 aromatic rings. The number of aromatic carboxylic acids is 1. The predicted molar refractivity (Wildman–Crippen MR) is 47.7 cm³/mol. The standard InChI is InChI=1S/C6H7NO2S2/c1-2-3(7)6(10)11-4(2)5(8)9/h10H,7H2,1H3,(H,8,9). The second kappa shape index (κ2) is 2.75. The molecular formula is C6H7NO2S2. The molecule has 3 N–H and O–H groups in total. The van der Waals surface area contributed by atoms with Crippen molar-refractivity contribution in [2.24, 2.45) is 0 Å². The molecule has 0 aromatic carbocycles. The Bertz CT molecular complexity index is 306. The summed E-state index contributed by atoms with van der Waals surface area (Å²) in [5, 5.41) is 8.62. The van der Waals surface area contributed by atoms with Crippen LogP contribution in [0.15, 0.2) is 4.21 Å². The molecular weight excluding hydrogens is 182 g/mol. The summed E-state index contributed by atoms with van der Waals surface area (Å²) in [6.07, 6.45) is 0. The first-order valence-electron chi connectivity index (χ1n) is 2.85. The van der Waals surface area contributed by atoms with E-state index in [-0.39, 0.29) is 4.88 Å². The molecule has 0 fully saturated rings. The molecule has 0 bridgehead atoms. The minimum atomic E-state index is -0.945. The van der Waals surface area contributed by atoms with Gasteiger partial charge in [-0.1, -0.05) is 0 Å². The summed E-state index contributed by atoms with van der Waals surface area (Å²) in [5.74, 6) is -0.945. The lowest BCUT2D eigenvalue weighted by atomic mass is 10.2. The molecule has 0 saturated heterocycles. The Kier molecular flexibility index (Phi) is 2.10. The third-order valence-corrected chi connectivity index (χ3v) is 2.98. The van der Waals surface area contributed by atoms with Gasteiger partial charge in [0.1, 0.15) is 4.88 Å². The van der Waals surface area contributed by atoms with E-state index < -0.39 is 5.97 Å². The van der Waals surface area contributed by atoms with Gasteiger partial charge in [-0.2, -0.15) is 0 Å². The Morgan fingerprint density at radius 3 is 2.45 bits per heavy atom. The third-order valence-electron chi connectivity index (χ3n) is 1.37. The van der Waals surface area contributed by atoms with Gasteiger partial charge in [-0.05, 0) is 12.5 Å². The Morgan fingerprint density at radius 2 is 2.27 bits per heavy atom. The number of rotatable bonds is 1. The molecule has 0 radical (unpaired) electrons. The van der Waals surface area contributed by atoms with Gasteiger partial charge in [0, 0.05) is 0 Å². The highest BCUT2D eigenvalue weighted by molar-refractivity contribution is 7.83. The van der Waals surface area contributed by atoms with Gasteiger partial charge in [-0.15, -0.1) is 24.0 Å². The summed E-state index contributed by atoms with van der Waals surface area (Å²) in [7, 11) is 0. The van der Waals surface area contributed by atoms with E-state index in [9.17, 15) is 4.79 Å². The van der Waals surface area contributed by atoms with Gasteiger partial charge >= 0.3 is 5.97 Å². The van der Waals surface area contributed by atoms with Gasteiger partial charge in [0.15, 0.2) is 0 Å². The number of anilines is 1. The number of nitrogens with two attached hydrogens (primary N) is 1. The van der Waals surface area contributed by atoms with E-state index >= 15 is 0 Å². The van der Waals surface area contributed by atoms with Crippen molar-refractivity contribution >= 4 is 35.6 Å². The maximum atomic E-state index is 10.5. The van der Waals surface area contributed by atoms with Crippen LogP contribution in [-0.2, 0) is 0 Å². The Labute approximate surface area is 73.3 Å². The summed E-state index contributed by atoms with van der Waals surface area (Å²) in [5.41, 5.74) is 6.58. The van der Waals surface area contributed by atoms with Gasteiger partial charge in [-0.3, -0.25) is 0 Å². The molecule has 0 atom stereocenters. The number of nitrogen functional groups attached to an aromatic ring is 1. The highest BCUT2D eigenvalue weighted by Gasteiger charge is 2.14. The normalized spacial score (nSPS) is 10.0. The van der Waals surface area contributed by atoms with Gasteiger partial charge in [0.05, 0.1) is 9.90 Å². The van der Waals surface area contributed by atoms with E-state index in [1.807, 2.05) is 0 Å². The number of thiol groups is 1. The molecule has 0 aliphatic heterocycles. The minimum Gasteiger partial charge on any atom is -0.477 e. The minimum absolute atomic E-state index is 0.271. The topological polar surface area (TPSA) is 63.3 Å². The van der Waals surface area contributed by atoms with Crippen LogP contribution in [0.3, 0.4) is 0 Å². The quantitative estimate of drug-likeness (QED) is 0.588. The average Bonchev–Trinajstić information content (AvgIpc) is 2.17. The second-order valence-electron chi connectivity index (χ2n) is 2.08. The number of carboxylic acids is 1. The van der Waals surface area contributed by atoms with Crippen LogP contribution < -0.4 is 5.73 Å². The smallest absolute Gasteiger partial charge is 0.346 e. The predicted octanol–water partition coefficient (Wildman–Crippen LogP) is 1.63. The number of hydrogen-bond donors (Lipinski definition) is 3. The lowest BCUT2D eigenvalue weighted by molar-refractivity contribution is 0.0701. The van der Waals surface area contributed by atoms with E-state index in [0.29, 0.717) is 15.5 Å². The van der Waals surface area contributed by atoms with Gasteiger partial charge < -0.3 is 10.8 Å². The first-order valence-corrected chi connectivity index (χ1v) is 4.11. The van der Waals surface area contributed by atoms with Crippen molar-refractivity contribution < 1.29 is 9.90 Å². The zero-order valence-corrected chi connectivity index (χ0v) is 7.50. The molecule has 1 rings (SSSR count). The molecule has 0 unspecified atom stereocenters. The molecule has 0 spiro atoms. The lowest BCUT2D eigenvalue weighted by Gasteiger charge is -1.90. The van der Waals surface area contributed by atoms with Crippen molar-refractivity contribution in [3.05, 3.63) is 10.4 Å². The number of hydrogen-bond acceptors (Lipinski definition) is 4. The summed E-state index contributed by atoms with van der Waals surface area (Å²) in [4.78, 5) is 10.8. The Morgan fingerprint density at radius 1 is 1.73 bits per heavy atom. The summed E-state index contributed by atoms with van der Waals surface area (Å²) >= 11 is 5.10. The van der Waals surface area contributed by atoms with Crippen molar-refractivity contribution in [1.82, 2.24) is 0 Å². The number of carboxylic acid groups (broad SMARTS) is 1. The fourth-order valence-electron chi connectivity index (χ4n) is 0.715. The van der Waals surface area contributed by atoms with E-state index in [2.05, 4.69) is 12.6 Å². The third kappa shape index (κ3) is 1.34. The van der Waals surface area contributed by atoms with Crippen molar-refractivity contribution in [3.8, 4) is 0 Å². The summed E-state index contributed by atoms with van der Waals surface area (Å²) in [6, 6.07) is 0.